The fraction of sp³-hybridized carbons (Fsp3) is 0.957. The average Bonchev–Trinajstić information content (AvgIpc) is 3.42. The minimum absolute atomic E-state index is 0.0625. The summed E-state index contributed by atoms with van der Waals surface area (Å²) in [6, 6.07) is 0. The van der Waals surface area contributed by atoms with Gasteiger partial charge in [-0.2, -0.15) is 11.8 Å². The maximum absolute atomic E-state index is 11.0. The highest BCUT2D eigenvalue weighted by Gasteiger charge is 2.35. The molecule has 0 N–H and O–H groups in total. The van der Waals surface area contributed by atoms with E-state index in [2.05, 4.69) is 23.4 Å². The van der Waals surface area contributed by atoms with Crippen LogP contribution in [0.3, 0.4) is 0 Å². The Bertz CT molecular complexity index is 332. The first-order valence-electron chi connectivity index (χ1n) is 11.5. The van der Waals surface area contributed by atoms with Crippen molar-refractivity contribution in [3.63, 3.8) is 0 Å². The highest BCUT2D eigenvalue weighted by molar-refractivity contribution is 8.07. The lowest BCUT2D eigenvalue weighted by Gasteiger charge is -2.04. The topological polar surface area (TPSA) is 26.3 Å². The molecule has 1 fully saturated rings. The Hall–Kier alpha value is -0.180. The molecule has 0 bridgehead atoms. The number of hydrogen-bond donors (Lipinski definition) is 0. The summed E-state index contributed by atoms with van der Waals surface area (Å²) in [5.74, 6) is -0.0625. The molecule has 154 valence electrons. The molecule has 1 aliphatic rings. The first kappa shape index (κ1) is 23.9. The number of ether oxygens (including phenoxy) is 1. The first-order chi connectivity index (χ1) is 12.8. The number of thioether (sulfide) groups is 1. The molecule has 1 rings (SSSR count). The van der Waals surface area contributed by atoms with Crippen molar-refractivity contribution in [2.75, 3.05) is 7.11 Å². The minimum Gasteiger partial charge on any atom is -0.469 e. The summed E-state index contributed by atoms with van der Waals surface area (Å²) < 4.78 is 4.65. The molecular weight excluding hydrogens is 340 g/mol. The summed E-state index contributed by atoms with van der Waals surface area (Å²) >= 11 is 2.21. The Labute approximate surface area is 167 Å². The van der Waals surface area contributed by atoms with Crippen molar-refractivity contribution < 1.29 is 9.53 Å². The fourth-order valence-corrected chi connectivity index (χ4v) is 4.99. The summed E-state index contributed by atoms with van der Waals surface area (Å²) in [5, 5.41) is 2.04. The summed E-state index contributed by atoms with van der Waals surface area (Å²) in [4.78, 5) is 11.0. The van der Waals surface area contributed by atoms with Gasteiger partial charge in [0.2, 0.25) is 0 Å². The van der Waals surface area contributed by atoms with Crippen molar-refractivity contribution in [3.8, 4) is 0 Å². The van der Waals surface area contributed by atoms with Gasteiger partial charge in [-0.3, -0.25) is 4.79 Å². The third-order valence-electron chi connectivity index (χ3n) is 5.69. The number of methoxy groups -OCH3 is 1. The Kier molecular flexibility index (Phi) is 15.6. The molecule has 0 aromatic heterocycles. The summed E-state index contributed by atoms with van der Waals surface area (Å²) in [6.45, 7) is 2.33. The van der Waals surface area contributed by atoms with E-state index in [1.54, 1.807) is 0 Å². The number of carbonyl (C=O) groups is 1. The van der Waals surface area contributed by atoms with Crippen molar-refractivity contribution >= 4 is 17.7 Å². The van der Waals surface area contributed by atoms with Gasteiger partial charge in [0.25, 0.3) is 0 Å². The van der Waals surface area contributed by atoms with Crippen molar-refractivity contribution in [2.45, 2.75) is 133 Å². The molecule has 0 aromatic rings. The fourth-order valence-electron chi connectivity index (χ4n) is 3.81. The number of esters is 1. The molecule has 0 amide bonds. The molecule has 3 heteroatoms. The van der Waals surface area contributed by atoms with E-state index in [-0.39, 0.29) is 5.97 Å². The molecule has 0 saturated carbocycles. The molecule has 2 unspecified atom stereocenters. The Morgan fingerprint density at radius 2 is 1.12 bits per heavy atom. The second-order valence-electron chi connectivity index (χ2n) is 8.04. The van der Waals surface area contributed by atoms with Gasteiger partial charge in [-0.1, -0.05) is 96.8 Å². The molecule has 0 spiro atoms. The van der Waals surface area contributed by atoms with Crippen LogP contribution in [0.4, 0.5) is 0 Å². The maximum atomic E-state index is 11.0. The van der Waals surface area contributed by atoms with Crippen LogP contribution >= 0.6 is 11.8 Å². The van der Waals surface area contributed by atoms with Gasteiger partial charge in [-0.25, -0.2) is 0 Å². The third kappa shape index (κ3) is 13.9. The molecule has 0 aliphatic carbocycles. The van der Waals surface area contributed by atoms with Crippen molar-refractivity contribution in [1.82, 2.24) is 0 Å². The summed E-state index contributed by atoms with van der Waals surface area (Å²) in [5.41, 5.74) is 0. The first-order valence-corrected chi connectivity index (χ1v) is 12.4. The van der Waals surface area contributed by atoms with E-state index in [4.69, 9.17) is 0 Å². The number of rotatable bonds is 19. The molecule has 1 saturated heterocycles. The van der Waals surface area contributed by atoms with Gasteiger partial charge in [-0.15, -0.1) is 0 Å². The monoisotopic (exact) mass is 384 g/mol. The molecule has 1 aliphatic heterocycles. The van der Waals surface area contributed by atoms with Crippen LogP contribution in [0, 0.1) is 0 Å². The van der Waals surface area contributed by atoms with Crippen molar-refractivity contribution in [1.29, 1.82) is 0 Å². The molecular formula is C23H44O2S. The third-order valence-corrected chi connectivity index (χ3v) is 7.30. The van der Waals surface area contributed by atoms with Gasteiger partial charge < -0.3 is 4.74 Å². The van der Waals surface area contributed by atoms with Gasteiger partial charge in [0.1, 0.15) is 0 Å². The smallest absolute Gasteiger partial charge is 0.305 e. The Balaban J connectivity index is 1.64. The lowest BCUT2D eigenvalue weighted by Crippen LogP contribution is -1.99. The van der Waals surface area contributed by atoms with Crippen LogP contribution in [0.25, 0.3) is 0 Å². The van der Waals surface area contributed by atoms with Gasteiger partial charge >= 0.3 is 5.97 Å². The zero-order valence-electron chi connectivity index (χ0n) is 17.6. The van der Waals surface area contributed by atoms with E-state index in [1.165, 1.54) is 110 Å². The molecule has 2 atom stereocenters. The zero-order chi connectivity index (χ0) is 18.9. The maximum Gasteiger partial charge on any atom is 0.305 e. The lowest BCUT2D eigenvalue weighted by atomic mass is 10.0. The van der Waals surface area contributed by atoms with E-state index in [9.17, 15) is 4.79 Å². The largest absolute Gasteiger partial charge is 0.469 e. The zero-order valence-corrected chi connectivity index (χ0v) is 18.4. The standard InChI is InChI=1S/C23H44O2S/c1-3-21-22(26-21)19-17-15-13-11-9-7-5-4-6-8-10-12-14-16-18-20-23(24)25-2/h21-22H,3-20H2,1-2H3. The van der Waals surface area contributed by atoms with Gasteiger partial charge in [0, 0.05) is 16.9 Å². The van der Waals surface area contributed by atoms with Crippen LogP contribution < -0.4 is 0 Å². The van der Waals surface area contributed by atoms with E-state index in [0.717, 1.165) is 16.9 Å². The van der Waals surface area contributed by atoms with Crippen LogP contribution in [0.15, 0.2) is 0 Å². The second kappa shape index (κ2) is 17.0. The summed E-state index contributed by atoms with van der Waals surface area (Å²) in [6.07, 6.45) is 24.0. The van der Waals surface area contributed by atoms with E-state index in [1.807, 2.05) is 0 Å². The van der Waals surface area contributed by atoms with Crippen molar-refractivity contribution in [2.24, 2.45) is 0 Å². The molecule has 1 heterocycles. The van der Waals surface area contributed by atoms with Crippen molar-refractivity contribution in [3.05, 3.63) is 0 Å². The quantitative estimate of drug-likeness (QED) is 0.130. The predicted molar refractivity (Wildman–Crippen MR) is 116 cm³/mol. The SMILES string of the molecule is CCC1SC1CCCCCCCCCCCCCCCCCC(=O)OC. The van der Waals surface area contributed by atoms with Gasteiger partial charge in [-0.05, 0) is 19.3 Å². The molecule has 26 heavy (non-hydrogen) atoms. The summed E-state index contributed by atoms with van der Waals surface area (Å²) in [7, 11) is 1.47. The van der Waals surface area contributed by atoms with Gasteiger partial charge in [0.05, 0.1) is 7.11 Å². The highest BCUT2D eigenvalue weighted by Crippen LogP contribution is 2.46. The van der Waals surface area contributed by atoms with Crippen LogP contribution in [-0.2, 0) is 9.53 Å². The van der Waals surface area contributed by atoms with E-state index >= 15 is 0 Å². The lowest BCUT2D eigenvalue weighted by molar-refractivity contribution is -0.140. The van der Waals surface area contributed by atoms with Crippen LogP contribution in [-0.4, -0.2) is 23.6 Å². The predicted octanol–water partition coefficient (Wildman–Crippen LogP) is 7.69. The number of carbonyl (C=O) groups excluding carboxylic acids is 1. The van der Waals surface area contributed by atoms with E-state index in [0.29, 0.717) is 6.42 Å². The normalized spacial score (nSPS) is 18.8. The Morgan fingerprint density at radius 1 is 0.692 bits per heavy atom. The molecule has 0 aromatic carbocycles. The minimum atomic E-state index is -0.0625. The van der Waals surface area contributed by atoms with E-state index < -0.39 is 0 Å². The highest BCUT2D eigenvalue weighted by atomic mass is 32.2. The second-order valence-corrected chi connectivity index (χ2v) is 9.52. The number of unbranched alkanes of at least 4 members (excludes halogenated alkanes) is 14. The van der Waals surface area contributed by atoms with Crippen LogP contribution in [0.2, 0.25) is 0 Å². The van der Waals surface area contributed by atoms with Crippen LogP contribution in [0.5, 0.6) is 0 Å². The van der Waals surface area contributed by atoms with Gasteiger partial charge in [0.15, 0.2) is 0 Å². The Morgan fingerprint density at radius 3 is 1.50 bits per heavy atom. The average molecular weight is 385 g/mol. The number of hydrogen-bond acceptors (Lipinski definition) is 3. The molecule has 0 radical (unpaired) electrons. The van der Waals surface area contributed by atoms with Crippen LogP contribution in [0.1, 0.15) is 122 Å². The molecule has 2 nitrogen and oxygen atoms in total.